The molecule has 114 valence electrons. The molecular formula is C17H22BrNO2. The monoisotopic (exact) mass is 351 g/mol. The smallest absolute Gasteiger partial charge is 0.148 e. The first-order valence-electron chi connectivity index (χ1n) is 7.40. The Labute approximate surface area is 135 Å². The van der Waals surface area contributed by atoms with E-state index in [1.54, 1.807) is 0 Å². The van der Waals surface area contributed by atoms with Gasteiger partial charge in [0.2, 0.25) is 0 Å². The summed E-state index contributed by atoms with van der Waals surface area (Å²) in [5, 5.41) is 13.3. The molecule has 0 aromatic heterocycles. The Bertz CT molecular complexity index is 504. The molecule has 21 heavy (non-hydrogen) atoms. The number of halogens is 1. The zero-order valence-electron chi connectivity index (χ0n) is 12.2. The molecule has 1 saturated carbocycles. The number of hydrogen-bond acceptors (Lipinski definition) is 3. The first-order valence-corrected chi connectivity index (χ1v) is 8.19. The number of hydrogen-bond donors (Lipinski definition) is 2. The van der Waals surface area contributed by atoms with E-state index < -0.39 is 0 Å². The minimum absolute atomic E-state index is 0.149. The van der Waals surface area contributed by atoms with E-state index in [4.69, 9.17) is 11.2 Å². The van der Waals surface area contributed by atoms with Gasteiger partial charge in [-0.15, -0.1) is 6.42 Å². The molecule has 0 unspecified atom stereocenters. The molecule has 1 aliphatic carbocycles. The number of benzene rings is 1. The molecule has 0 aliphatic heterocycles. The van der Waals surface area contributed by atoms with Gasteiger partial charge < -0.3 is 15.2 Å². The maximum Gasteiger partial charge on any atom is 0.148 e. The molecule has 0 atom stereocenters. The van der Waals surface area contributed by atoms with Gasteiger partial charge in [0.25, 0.3) is 0 Å². The van der Waals surface area contributed by atoms with Gasteiger partial charge in [-0.25, -0.2) is 0 Å². The second kappa shape index (κ2) is 7.84. The molecule has 1 aromatic rings. The molecule has 1 aromatic carbocycles. The minimum Gasteiger partial charge on any atom is -0.481 e. The predicted molar refractivity (Wildman–Crippen MR) is 88.2 cm³/mol. The Morgan fingerprint density at radius 2 is 2.10 bits per heavy atom. The van der Waals surface area contributed by atoms with Gasteiger partial charge in [-0.2, -0.15) is 0 Å². The fraction of sp³-hybridized carbons (Fsp3) is 0.529. The molecule has 0 radical (unpaired) electrons. The molecular weight excluding hydrogens is 330 g/mol. The van der Waals surface area contributed by atoms with Gasteiger partial charge in [0.05, 0.1) is 6.61 Å². The molecule has 1 aliphatic rings. The lowest BCUT2D eigenvalue weighted by atomic mass is 9.82. The van der Waals surface area contributed by atoms with Crippen LogP contribution < -0.4 is 10.1 Å². The number of aliphatic hydroxyl groups is 1. The number of nitrogens with one attached hydrogen (secondary N) is 1. The van der Waals surface area contributed by atoms with Gasteiger partial charge in [0, 0.05) is 22.1 Å². The number of rotatable bonds is 6. The van der Waals surface area contributed by atoms with Crippen molar-refractivity contribution in [3.8, 4) is 18.1 Å². The highest BCUT2D eigenvalue weighted by Crippen LogP contribution is 2.29. The zero-order valence-corrected chi connectivity index (χ0v) is 13.8. The number of terminal acetylenes is 1. The molecule has 0 amide bonds. The van der Waals surface area contributed by atoms with Crippen LogP contribution in [0.4, 0.5) is 0 Å². The average Bonchev–Trinajstić information content (AvgIpc) is 2.53. The van der Waals surface area contributed by atoms with Crippen molar-refractivity contribution in [3.05, 3.63) is 28.2 Å². The summed E-state index contributed by atoms with van der Waals surface area (Å²) in [6.07, 6.45) is 10.9. The van der Waals surface area contributed by atoms with Crippen molar-refractivity contribution in [2.24, 2.45) is 0 Å². The average molecular weight is 352 g/mol. The van der Waals surface area contributed by atoms with E-state index >= 15 is 0 Å². The van der Waals surface area contributed by atoms with Crippen LogP contribution in [0.15, 0.2) is 22.7 Å². The lowest BCUT2D eigenvalue weighted by Gasteiger charge is -2.37. The van der Waals surface area contributed by atoms with Gasteiger partial charge >= 0.3 is 0 Å². The van der Waals surface area contributed by atoms with Crippen LogP contribution in [0.3, 0.4) is 0 Å². The summed E-state index contributed by atoms with van der Waals surface area (Å²) in [5.74, 6) is 3.29. The Morgan fingerprint density at radius 1 is 1.33 bits per heavy atom. The van der Waals surface area contributed by atoms with E-state index in [1.807, 2.05) is 18.2 Å². The Kier molecular flexibility index (Phi) is 6.10. The van der Waals surface area contributed by atoms with Crippen LogP contribution in [0.2, 0.25) is 0 Å². The maximum absolute atomic E-state index is 9.76. The van der Waals surface area contributed by atoms with Crippen LogP contribution in [-0.2, 0) is 6.54 Å². The molecule has 2 rings (SSSR count). The van der Waals surface area contributed by atoms with Gasteiger partial charge in [-0.05, 0) is 31.0 Å². The molecule has 4 heteroatoms. The molecule has 3 nitrogen and oxygen atoms in total. The van der Waals surface area contributed by atoms with E-state index in [2.05, 4.69) is 27.2 Å². The van der Waals surface area contributed by atoms with Crippen LogP contribution >= 0.6 is 15.9 Å². The van der Waals surface area contributed by atoms with E-state index in [9.17, 15) is 5.11 Å². The zero-order chi connectivity index (χ0) is 15.1. The number of ether oxygens (including phenoxy) is 1. The van der Waals surface area contributed by atoms with Crippen molar-refractivity contribution >= 4 is 15.9 Å². The summed E-state index contributed by atoms with van der Waals surface area (Å²) >= 11 is 3.49. The SMILES string of the molecule is C#CCOc1ccc(Br)cc1CNC1(CO)CCCCC1. The highest BCUT2D eigenvalue weighted by molar-refractivity contribution is 9.10. The fourth-order valence-electron chi connectivity index (χ4n) is 2.85. The molecule has 1 fully saturated rings. The lowest BCUT2D eigenvalue weighted by Crippen LogP contribution is -2.49. The molecule has 0 spiro atoms. The predicted octanol–water partition coefficient (Wildman–Crippen LogP) is 3.25. The van der Waals surface area contributed by atoms with Gasteiger partial charge in [0.1, 0.15) is 12.4 Å². The van der Waals surface area contributed by atoms with Gasteiger partial charge in [0.15, 0.2) is 0 Å². The highest BCUT2D eigenvalue weighted by Gasteiger charge is 2.30. The third-order valence-corrected chi connectivity index (χ3v) is 4.59. The second-order valence-corrected chi connectivity index (χ2v) is 6.51. The van der Waals surface area contributed by atoms with Gasteiger partial charge in [-0.3, -0.25) is 0 Å². The summed E-state index contributed by atoms with van der Waals surface area (Å²) in [7, 11) is 0. The van der Waals surface area contributed by atoms with Crippen molar-refractivity contribution in [2.45, 2.75) is 44.2 Å². The van der Waals surface area contributed by atoms with Crippen molar-refractivity contribution in [1.82, 2.24) is 5.32 Å². The summed E-state index contributed by atoms with van der Waals surface area (Å²) in [6.45, 7) is 1.11. The Balaban J connectivity index is 2.07. The van der Waals surface area contributed by atoms with Crippen LogP contribution in [0.5, 0.6) is 5.75 Å². The van der Waals surface area contributed by atoms with Crippen LogP contribution in [-0.4, -0.2) is 23.9 Å². The molecule has 0 heterocycles. The van der Waals surface area contributed by atoms with Crippen molar-refractivity contribution < 1.29 is 9.84 Å². The first kappa shape index (κ1) is 16.4. The standard InChI is InChI=1S/C17H22BrNO2/c1-2-10-21-16-7-6-15(18)11-14(16)12-19-17(13-20)8-4-3-5-9-17/h1,6-7,11,19-20H,3-5,8-10,12-13H2. The summed E-state index contributed by atoms with van der Waals surface area (Å²) < 4.78 is 6.60. The third-order valence-electron chi connectivity index (χ3n) is 4.10. The van der Waals surface area contributed by atoms with E-state index in [-0.39, 0.29) is 18.8 Å². The van der Waals surface area contributed by atoms with Gasteiger partial charge in [-0.1, -0.05) is 41.1 Å². The molecule has 0 bridgehead atoms. The van der Waals surface area contributed by atoms with Crippen LogP contribution in [0.1, 0.15) is 37.7 Å². The topological polar surface area (TPSA) is 41.5 Å². The number of aliphatic hydroxyl groups excluding tert-OH is 1. The molecule has 0 saturated heterocycles. The maximum atomic E-state index is 9.76. The van der Waals surface area contributed by atoms with Crippen molar-refractivity contribution in [1.29, 1.82) is 0 Å². The quantitative estimate of drug-likeness (QED) is 0.773. The van der Waals surface area contributed by atoms with Crippen LogP contribution in [0, 0.1) is 12.3 Å². The normalized spacial score (nSPS) is 17.2. The van der Waals surface area contributed by atoms with E-state index in [1.165, 1.54) is 19.3 Å². The summed E-state index contributed by atoms with van der Waals surface area (Å²) in [4.78, 5) is 0. The first-order chi connectivity index (χ1) is 10.2. The largest absolute Gasteiger partial charge is 0.481 e. The summed E-state index contributed by atoms with van der Waals surface area (Å²) in [5.41, 5.74) is 0.905. The Morgan fingerprint density at radius 3 is 2.76 bits per heavy atom. The van der Waals surface area contributed by atoms with Crippen molar-refractivity contribution in [2.75, 3.05) is 13.2 Å². The van der Waals surface area contributed by atoms with E-state index in [0.717, 1.165) is 28.6 Å². The Hall–Kier alpha value is -1.02. The highest BCUT2D eigenvalue weighted by atomic mass is 79.9. The minimum atomic E-state index is -0.149. The lowest BCUT2D eigenvalue weighted by molar-refractivity contribution is 0.119. The third kappa shape index (κ3) is 4.47. The van der Waals surface area contributed by atoms with Crippen LogP contribution in [0.25, 0.3) is 0 Å². The molecule has 2 N–H and O–H groups in total. The summed E-state index contributed by atoms with van der Waals surface area (Å²) in [6, 6.07) is 5.90. The fourth-order valence-corrected chi connectivity index (χ4v) is 3.26. The van der Waals surface area contributed by atoms with Crippen molar-refractivity contribution in [3.63, 3.8) is 0 Å². The second-order valence-electron chi connectivity index (χ2n) is 5.60. The van der Waals surface area contributed by atoms with E-state index in [0.29, 0.717) is 6.54 Å².